The summed E-state index contributed by atoms with van der Waals surface area (Å²) in [7, 11) is 2.12. The number of carbonyl (C=O) groups excluding carboxylic acids is 1. The lowest BCUT2D eigenvalue weighted by molar-refractivity contribution is 0.173. The number of nitrogens with one attached hydrogen (secondary N) is 2. The van der Waals surface area contributed by atoms with Crippen LogP contribution in [0.5, 0.6) is 11.5 Å². The number of urea groups is 1. The van der Waals surface area contributed by atoms with E-state index in [0.29, 0.717) is 18.8 Å². The zero-order valence-corrected chi connectivity index (χ0v) is 14.9. The first kappa shape index (κ1) is 16.6. The Balaban J connectivity index is 1.31. The molecule has 0 fully saturated rings. The highest BCUT2D eigenvalue weighted by Crippen LogP contribution is 2.35. The quantitative estimate of drug-likeness (QED) is 0.887. The number of anilines is 1. The van der Waals surface area contributed by atoms with Gasteiger partial charge in [0.05, 0.1) is 0 Å². The molecule has 0 radical (unpaired) electrons. The fraction of sp³-hybridized carbons (Fsp3) is 0.350. The van der Waals surface area contributed by atoms with E-state index in [9.17, 15) is 4.79 Å². The first-order chi connectivity index (χ1) is 12.7. The number of aryl methyl sites for hydroxylation is 1. The van der Waals surface area contributed by atoms with Gasteiger partial charge in [-0.25, -0.2) is 4.79 Å². The minimum absolute atomic E-state index is 0.198. The van der Waals surface area contributed by atoms with Crippen LogP contribution in [0, 0.1) is 0 Å². The molecule has 0 aliphatic carbocycles. The van der Waals surface area contributed by atoms with Gasteiger partial charge in [0.15, 0.2) is 11.5 Å². The SMILES string of the molecule is CN1CCCc2cc(CNC(=O)NCc3cccc4c3OCO4)ccc21. The van der Waals surface area contributed by atoms with Crippen molar-refractivity contribution in [2.24, 2.45) is 0 Å². The molecule has 26 heavy (non-hydrogen) atoms. The molecule has 0 saturated carbocycles. The van der Waals surface area contributed by atoms with Gasteiger partial charge in [-0.3, -0.25) is 0 Å². The molecule has 136 valence electrons. The molecule has 0 spiro atoms. The number of hydrogen-bond acceptors (Lipinski definition) is 4. The number of rotatable bonds is 4. The summed E-state index contributed by atoms with van der Waals surface area (Å²) in [6.07, 6.45) is 2.27. The minimum atomic E-state index is -0.198. The molecule has 6 heteroatoms. The van der Waals surface area contributed by atoms with E-state index in [1.165, 1.54) is 17.7 Å². The van der Waals surface area contributed by atoms with Gasteiger partial charge in [-0.15, -0.1) is 0 Å². The Labute approximate surface area is 153 Å². The summed E-state index contributed by atoms with van der Waals surface area (Å²) in [5, 5.41) is 5.79. The second kappa shape index (κ2) is 7.15. The molecule has 4 rings (SSSR count). The maximum absolute atomic E-state index is 12.1. The molecule has 0 atom stereocenters. The van der Waals surface area contributed by atoms with Gasteiger partial charge < -0.3 is 25.0 Å². The fourth-order valence-corrected chi connectivity index (χ4v) is 3.50. The van der Waals surface area contributed by atoms with E-state index in [2.05, 4.69) is 40.8 Å². The Kier molecular flexibility index (Phi) is 4.56. The Bertz CT molecular complexity index is 822. The van der Waals surface area contributed by atoms with E-state index < -0.39 is 0 Å². The highest BCUT2D eigenvalue weighted by Gasteiger charge is 2.17. The summed E-state index contributed by atoms with van der Waals surface area (Å²) in [6, 6.07) is 11.9. The number of fused-ring (bicyclic) bond motifs is 2. The first-order valence-electron chi connectivity index (χ1n) is 8.93. The van der Waals surface area contributed by atoms with E-state index in [1.807, 2.05) is 18.2 Å². The second-order valence-corrected chi connectivity index (χ2v) is 6.68. The summed E-state index contributed by atoms with van der Waals surface area (Å²) < 4.78 is 10.8. The van der Waals surface area contributed by atoms with Gasteiger partial charge in [0.1, 0.15) is 0 Å². The zero-order valence-electron chi connectivity index (χ0n) is 14.9. The van der Waals surface area contributed by atoms with Crippen molar-refractivity contribution in [1.29, 1.82) is 0 Å². The molecule has 0 bridgehead atoms. The molecular formula is C20H23N3O3. The lowest BCUT2D eigenvalue weighted by Crippen LogP contribution is -2.34. The number of carbonyl (C=O) groups is 1. The monoisotopic (exact) mass is 353 g/mol. The van der Waals surface area contributed by atoms with Crippen LogP contribution in [0.1, 0.15) is 23.1 Å². The van der Waals surface area contributed by atoms with Gasteiger partial charge in [0, 0.05) is 37.9 Å². The van der Waals surface area contributed by atoms with Gasteiger partial charge in [-0.05, 0) is 36.1 Å². The number of nitrogens with zero attached hydrogens (tertiary/aromatic N) is 1. The highest BCUT2D eigenvalue weighted by atomic mass is 16.7. The maximum atomic E-state index is 12.1. The van der Waals surface area contributed by atoms with E-state index in [1.54, 1.807) is 0 Å². The van der Waals surface area contributed by atoms with Crippen LogP contribution in [-0.2, 0) is 19.5 Å². The molecule has 2 heterocycles. The predicted octanol–water partition coefficient (Wildman–Crippen LogP) is 2.80. The average Bonchev–Trinajstić information content (AvgIpc) is 3.14. The highest BCUT2D eigenvalue weighted by molar-refractivity contribution is 5.74. The van der Waals surface area contributed by atoms with Crippen LogP contribution in [0.25, 0.3) is 0 Å². The third-order valence-electron chi connectivity index (χ3n) is 4.87. The molecule has 2 amide bonds. The summed E-state index contributed by atoms with van der Waals surface area (Å²) in [5.41, 5.74) is 4.68. The number of para-hydroxylation sites is 1. The first-order valence-corrected chi connectivity index (χ1v) is 8.93. The number of hydrogen-bond donors (Lipinski definition) is 2. The van der Waals surface area contributed by atoms with Crippen molar-refractivity contribution in [2.75, 3.05) is 25.3 Å². The Morgan fingerprint density at radius 2 is 2.04 bits per heavy atom. The summed E-state index contributed by atoms with van der Waals surface area (Å²) in [4.78, 5) is 14.4. The molecule has 2 aliphatic rings. The Hall–Kier alpha value is -2.89. The molecular weight excluding hydrogens is 330 g/mol. The van der Waals surface area contributed by atoms with Crippen molar-refractivity contribution in [3.05, 3.63) is 53.1 Å². The van der Waals surface area contributed by atoms with Crippen molar-refractivity contribution < 1.29 is 14.3 Å². The maximum Gasteiger partial charge on any atom is 0.315 e. The third kappa shape index (κ3) is 3.40. The van der Waals surface area contributed by atoms with Gasteiger partial charge in [0.2, 0.25) is 6.79 Å². The van der Waals surface area contributed by atoms with Gasteiger partial charge in [0.25, 0.3) is 0 Å². The molecule has 2 aromatic rings. The Morgan fingerprint density at radius 1 is 1.15 bits per heavy atom. The lowest BCUT2D eigenvalue weighted by Gasteiger charge is -2.27. The van der Waals surface area contributed by atoms with Gasteiger partial charge >= 0.3 is 6.03 Å². The van der Waals surface area contributed by atoms with Crippen molar-refractivity contribution >= 4 is 11.7 Å². The summed E-state index contributed by atoms with van der Waals surface area (Å²) >= 11 is 0. The molecule has 2 N–H and O–H groups in total. The summed E-state index contributed by atoms with van der Waals surface area (Å²) in [5.74, 6) is 1.44. The molecule has 2 aromatic carbocycles. The largest absolute Gasteiger partial charge is 0.454 e. The molecule has 0 saturated heterocycles. The lowest BCUT2D eigenvalue weighted by atomic mass is 9.99. The Morgan fingerprint density at radius 3 is 2.96 bits per heavy atom. The van der Waals surface area contributed by atoms with Crippen LogP contribution < -0.4 is 25.0 Å². The summed E-state index contributed by atoms with van der Waals surface area (Å²) in [6.45, 7) is 2.24. The van der Waals surface area contributed by atoms with Crippen molar-refractivity contribution in [3.8, 4) is 11.5 Å². The topological polar surface area (TPSA) is 62.8 Å². The minimum Gasteiger partial charge on any atom is -0.454 e. The fourth-order valence-electron chi connectivity index (χ4n) is 3.50. The van der Waals surface area contributed by atoms with Crippen LogP contribution in [0.3, 0.4) is 0 Å². The third-order valence-corrected chi connectivity index (χ3v) is 4.87. The van der Waals surface area contributed by atoms with E-state index in [-0.39, 0.29) is 12.8 Å². The zero-order chi connectivity index (χ0) is 17.9. The normalized spacial score (nSPS) is 14.7. The van der Waals surface area contributed by atoms with Crippen LogP contribution in [0.2, 0.25) is 0 Å². The standard InChI is InChI=1S/C20H23N3O3/c1-23-9-3-5-15-10-14(7-8-17(15)23)11-21-20(24)22-12-16-4-2-6-18-19(16)26-13-25-18/h2,4,6-8,10H,3,5,9,11-13H2,1H3,(H2,21,22,24). The molecule has 0 aromatic heterocycles. The van der Waals surface area contributed by atoms with Crippen LogP contribution in [0.4, 0.5) is 10.5 Å². The molecule has 6 nitrogen and oxygen atoms in total. The molecule has 0 unspecified atom stereocenters. The number of ether oxygens (including phenoxy) is 2. The second-order valence-electron chi connectivity index (χ2n) is 6.68. The number of amides is 2. The van der Waals surface area contributed by atoms with E-state index >= 15 is 0 Å². The number of benzene rings is 2. The van der Waals surface area contributed by atoms with Crippen molar-refractivity contribution in [1.82, 2.24) is 10.6 Å². The van der Waals surface area contributed by atoms with Crippen LogP contribution in [-0.4, -0.2) is 26.4 Å². The van der Waals surface area contributed by atoms with Gasteiger partial charge in [-0.1, -0.05) is 24.3 Å². The van der Waals surface area contributed by atoms with E-state index in [4.69, 9.17) is 9.47 Å². The smallest absolute Gasteiger partial charge is 0.315 e. The average molecular weight is 353 g/mol. The van der Waals surface area contributed by atoms with Crippen molar-refractivity contribution in [3.63, 3.8) is 0 Å². The van der Waals surface area contributed by atoms with Gasteiger partial charge in [-0.2, -0.15) is 0 Å². The van der Waals surface area contributed by atoms with E-state index in [0.717, 1.165) is 29.8 Å². The van der Waals surface area contributed by atoms with Crippen LogP contribution >= 0.6 is 0 Å². The van der Waals surface area contributed by atoms with Crippen LogP contribution in [0.15, 0.2) is 36.4 Å². The molecule has 2 aliphatic heterocycles. The van der Waals surface area contributed by atoms with Crippen molar-refractivity contribution in [2.45, 2.75) is 25.9 Å². The predicted molar refractivity (Wildman–Crippen MR) is 99.7 cm³/mol.